The highest BCUT2D eigenvalue weighted by molar-refractivity contribution is 7.80. The normalized spacial score (nSPS) is 9.84. The smallest absolute Gasteiger partial charge is 0.274 e. The number of thiocarbonyl (C=S) groups is 1. The molecule has 0 aromatic heterocycles. The Morgan fingerprint density at radius 1 is 1.21 bits per heavy atom. The van der Waals surface area contributed by atoms with Crippen molar-refractivity contribution >= 4 is 23.2 Å². The minimum absolute atomic E-state index is 0.204. The number of benzene rings is 1. The third-order valence-electron chi connectivity index (χ3n) is 2.21. The van der Waals surface area contributed by atoms with E-state index in [1.54, 1.807) is 18.2 Å². The average molecular weight is 283 g/mol. The molecule has 0 spiro atoms. The van der Waals surface area contributed by atoms with Crippen molar-refractivity contribution in [2.45, 2.75) is 13.8 Å². The minimum atomic E-state index is -0.519. The first kappa shape index (κ1) is 15.2. The first-order chi connectivity index (χ1) is 8.99. The molecule has 0 atom stereocenters. The van der Waals surface area contributed by atoms with Crippen LogP contribution in [0.1, 0.15) is 24.2 Å². The highest BCUT2D eigenvalue weighted by Crippen LogP contribution is 2.23. The van der Waals surface area contributed by atoms with Gasteiger partial charge in [0.2, 0.25) is 0 Å². The monoisotopic (exact) mass is 283 g/mol. The number of amides is 1. The molecule has 0 aliphatic rings. The van der Waals surface area contributed by atoms with E-state index in [0.29, 0.717) is 35.3 Å². The molecule has 4 N–H and O–H groups in total. The van der Waals surface area contributed by atoms with Crippen LogP contribution in [0.2, 0.25) is 0 Å². The Labute approximate surface area is 117 Å². The molecule has 0 aliphatic carbocycles. The average Bonchev–Trinajstić information content (AvgIpc) is 2.37. The van der Waals surface area contributed by atoms with Gasteiger partial charge < -0.3 is 15.2 Å². The second-order valence-electron chi connectivity index (χ2n) is 3.57. The minimum Gasteiger partial charge on any atom is -0.494 e. The molecule has 1 rings (SSSR count). The van der Waals surface area contributed by atoms with Crippen molar-refractivity contribution in [3.05, 3.63) is 23.8 Å². The molecule has 104 valence electrons. The van der Waals surface area contributed by atoms with Gasteiger partial charge in [-0.25, -0.2) is 10.9 Å². The van der Waals surface area contributed by atoms with Crippen LogP contribution >= 0.6 is 12.2 Å². The van der Waals surface area contributed by atoms with Crippen LogP contribution in [0.25, 0.3) is 0 Å². The number of hydrazine groups is 1. The van der Waals surface area contributed by atoms with Gasteiger partial charge in [0.15, 0.2) is 5.11 Å². The molecule has 7 heteroatoms. The fourth-order valence-electron chi connectivity index (χ4n) is 1.43. The molecule has 0 unspecified atom stereocenters. The summed E-state index contributed by atoms with van der Waals surface area (Å²) in [5, 5.41) is 0.501. The van der Waals surface area contributed by atoms with Crippen molar-refractivity contribution in [1.29, 1.82) is 0 Å². The number of hydrogen-bond donors (Lipinski definition) is 2. The molecule has 0 saturated carbocycles. The van der Waals surface area contributed by atoms with E-state index < -0.39 is 5.91 Å². The lowest BCUT2D eigenvalue weighted by Gasteiger charge is -2.15. The van der Waals surface area contributed by atoms with Crippen molar-refractivity contribution in [3.63, 3.8) is 0 Å². The van der Waals surface area contributed by atoms with Crippen molar-refractivity contribution < 1.29 is 14.3 Å². The summed E-state index contributed by atoms with van der Waals surface area (Å²) in [5.41, 5.74) is 5.61. The number of carbonyl (C=O) groups is 1. The van der Waals surface area contributed by atoms with E-state index in [0.717, 1.165) is 0 Å². The molecule has 0 aliphatic heterocycles. The highest BCUT2D eigenvalue weighted by atomic mass is 32.1. The Kier molecular flexibility index (Phi) is 5.53. The molecular formula is C12H17N3O3S. The van der Waals surface area contributed by atoms with E-state index in [4.69, 9.17) is 21.1 Å². The molecular weight excluding hydrogens is 266 g/mol. The summed E-state index contributed by atoms with van der Waals surface area (Å²) in [4.78, 5) is 12.0. The van der Waals surface area contributed by atoms with Crippen molar-refractivity contribution in [1.82, 2.24) is 5.01 Å². The third kappa shape index (κ3) is 4.08. The number of hydrogen-bond acceptors (Lipinski definition) is 5. The van der Waals surface area contributed by atoms with Crippen LogP contribution in [0.15, 0.2) is 18.2 Å². The molecule has 0 radical (unpaired) electrons. The molecule has 19 heavy (non-hydrogen) atoms. The van der Waals surface area contributed by atoms with E-state index in [-0.39, 0.29) is 5.11 Å². The van der Waals surface area contributed by atoms with Crippen molar-refractivity contribution in [3.8, 4) is 11.5 Å². The van der Waals surface area contributed by atoms with Gasteiger partial charge in [0, 0.05) is 11.6 Å². The number of carbonyl (C=O) groups excluding carboxylic acids is 1. The van der Waals surface area contributed by atoms with Gasteiger partial charge in [-0.05, 0) is 38.2 Å². The zero-order valence-corrected chi connectivity index (χ0v) is 11.7. The Bertz CT molecular complexity index is 455. The van der Waals surface area contributed by atoms with Crippen LogP contribution in [-0.4, -0.2) is 29.2 Å². The molecule has 6 nitrogen and oxygen atoms in total. The fourth-order valence-corrected chi connectivity index (χ4v) is 1.52. The molecule has 0 saturated heterocycles. The van der Waals surface area contributed by atoms with Gasteiger partial charge in [-0.3, -0.25) is 4.79 Å². The summed E-state index contributed by atoms with van der Waals surface area (Å²) < 4.78 is 10.7. The van der Waals surface area contributed by atoms with Crippen LogP contribution in [-0.2, 0) is 0 Å². The largest absolute Gasteiger partial charge is 0.494 e. The predicted molar refractivity (Wildman–Crippen MR) is 75.9 cm³/mol. The number of rotatable bonds is 5. The van der Waals surface area contributed by atoms with Crippen molar-refractivity contribution in [2.24, 2.45) is 11.6 Å². The number of nitrogens with zero attached hydrogens (tertiary/aromatic N) is 1. The van der Waals surface area contributed by atoms with Gasteiger partial charge in [-0.15, -0.1) is 0 Å². The van der Waals surface area contributed by atoms with Crippen molar-refractivity contribution in [2.75, 3.05) is 13.2 Å². The quantitative estimate of drug-likeness (QED) is 0.363. The van der Waals surface area contributed by atoms with Crippen LogP contribution in [0.3, 0.4) is 0 Å². The summed E-state index contributed by atoms with van der Waals surface area (Å²) >= 11 is 4.66. The predicted octanol–water partition coefficient (Wildman–Crippen LogP) is 1.04. The van der Waals surface area contributed by atoms with Gasteiger partial charge in [-0.2, -0.15) is 0 Å². The van der Waals surface area contributed by atoms with Crippen LogP contribution in [0, 0.1) is 0 Å². The number of ether oxygens (including phenoxy) is 2. The van der Waals surface area contributed by atoms with E-state index in [9.17, 15) is 4.79 Å². The van der Waals surface area contributed by atoms with E-state index in [1.807, 2.05) is 13.8 Å². The summed E-state index contributed by atoms with van der Waals surface area (Å²) in [6, 6.07) is 4.82. The van der Waals surface area contributed by atoms with Crippen LogP contribution < -0.4 is 21.1 Å². The van der Waals surface area contributed by atoms with Gasteiger partial charge in [-0.1, -0.05) is 0 Å². The highest BCUT2D eigenvalue weighted by Gasteiger charge is 2.17. The molecule has 1 amide bonds. The zero-order valence-electron chi connectivity index (χ0n) is 10.9. The second kappa shape index (κ2) is 6.91. The Morgan fingerprint density at radius 2 is 1.68 bits per heavy atom. The summed E-state index contributed by atoms with van der Waals surface area (Å²) in [7, 11) is 0. The number of nitrogens with two attached hydrogens (primary N) is 2. The third-order valence-corrected chi connectivity index (χ3v) is 2.40. The van der Waals surface area contributed by atoms with Crippen LogP contribution in [0.5, 0.6) is 11.5 Å². The molecule has 0 heterocycles. The van der Waals surface area contributed by atoms with Gasteiger partial charge in [0.05, 0.1) is 13.2 Å². The first-order valence-corrected chi connectivity index (χ1v) is 6.19. The maximum atomic E-state index is 12.0. The molecule has 0 bridgehead atoms. The Balaban J connectivity index is 3.11. The first-order valence-electron chi connectivity index (χ1n) is 5.78. The zero-order chi connectivity index (χ0) is 14.4. The fraction of sp³-hybridized carbons (Fsp3) is 0.333. The maximum absolute atomic E-state index is 12.0. The van der Waals surface area contributed by atoms with E-state index in [1.165, 1.54) is 0 Å². The lowest BCUT2D eigenvalue weighted by Crippen LogP contribution is -2.45. The van der Waals surface area contributed by atoms with Gasteiger partial charge in [0.25, 0.3) is 5.91 Å². The lowest BCUT2D eigenvalue weighted by atomic mass is 10.2. The second-order valence-corrected chi connectivity index (χ2v) is 3.99. The van der Waals surface area contributed by atoms with Gasteiger partial charge >= 0.3 is 0 Å². The summed E-state index contributed by atoms with van der Waals surface area (Å²) in [5.74, 6) is 6.00. The lowest BCUT2D eigenvalue weighted by molar-refractivity contribution is 0.0847. The van der Waals surface area contributed by atoms with Crippen LogP contribution in [0.4, 0.5) is 0 Å². The topological polar surface area (TPSA) is 90.8 Å². The van der Waals surface area contributed by atoms with E-state index in [2.05, 4.69) is 12.2 Å². The Hall–Kier alpha value is -1.86. The SMILES string of the molecule is CCOc1cc(OCC)cc(C(=O)N(N)C(N)=S)c1. The maximum Gasteiger partial charge on any atom is 0.274 e. The molecule has 0 fully saturated rings. The summed E-state index contributed by atoms with van der Waals surface area (Å²) in [6.07, 6.45) is 0. The van der Waals surface area contributed by atoms with Gasteiger partial charge in [0.1, 0.15) is 11.5 Å². The Morgan fingerprint density at radius 3 is 2.05 bits per heavy atom. The molecule has 1 aromatic rings. The summed E-state index contributed by atoms with van der Waals surface area (Å²) in [6.45, 7) is 4.65. The standard InChI is InChI=1S/C12H17N3O3S/c1-3-17-9-5-8(6-10(7-9)18-4-2)11(16)15(14)12(13)19/h5-7H,3-4,14H2,1-2H3,(H2,13,19). The molecule has 1 aromatic carbocycles. The van der Waals surface area contributed by atoms with E-state index >= 15 is 0 Å².